The van der Waals surface area contributed by atoms with Crippen LogP contribution in [0.4, 0.5) is 13.2 Å². The monoisotopic (exact) mass is 196 g/mol. The summed E-state index contributed by atoms with van der Waals surface area (Å²) in [6.45, 7) is 1.87. The first-order valence-electron chi connectivity index (χ1n) is 4.54. The van der Waals surface area contributed by atoms with Gasteiger partial charge in [-0.1, -0.05) is 6.92 Å². The third kappa shape index (κ3) is 2.59. The van der Waals surface area contributed by atoms with E-state index in [1.54, 1.807) is 0 Å². The molecule has 0 spiro atoms. The minimum absolute atomic E-state index is 0.165. The fraction of sp³-hybridized carbons (Fsp3) is 1.00. The molecule has 0 radical (unpaired) electrons. The number of methoxy groups -OCH3 is 1. The van der Waals surface area contributed by atoms with Crippen LogP contribution in [-0.4, -0.2) is 19.4 Å². The lowest BCUT2D eigenvalue weighted by Gasteiger charge is -2.34. The molecule has 1 rings (SSSR count). The smallest absolute Gasteiger partial charge is 0.381 e. The van der Waals surface area contributed by atoms with Crippen molar-refractivity contribution < 1.29 is 17.9 Å². The molecule has 0 heterocycles. The van der Waals surface area contributed by atoms with Gasteiger partial charge in [0.2, 0.25) is 0 Å². The molecule has 3 unspecified atom stereocenters. The van der Waals surface area contributed by atoms with E-state index in [0.717, 1.165) is 6.42 Å². The van der Waals surface area contributed by atoms with Crippen molar-refractivity contribution in [1.29, 1.82) is 0 Å². The molecule has 0 amide bonds. The van der Waals surface area contributed by atoms with E-state index in [4.69, 9.17) is 4.74 Å². The highest BCUT2D eigenvalue weighted by atomic mass is 19.4. The molecular weight excluding hydrogens is 181 g/mol. The SMILES string of the molecule is COC1CCC(C)CC1C(F)(F)F. The van der Waals surface area contributed by atoms with Crippen molar-refractivity contribution >= 4 is 0 Å². The van der Waals surface area contributed by atoms with Gasteiger partial charge in [-0.15, -0.1) is 0 Å². The van der Waals surface area contributed by atoms with Crippen LogP contribution >= 0.6 is 0 Å². The van der Waals surface area contributed by atoms with Gasteiger partial charge in [0.15, 0.2) is 0 Å². The highest BCUT2D eigenvalue weighted by Gasteiger charge is 2.47. The van der Waals surface area contributed by atoms with Gasteiger partial charge in [-0.25, -0.2) is 0 Å². The van der Waals surface area contributed by atoms with Crippen LogP contribution in [0.1, 0.15) is 26.2 Å². The van der Waals surface area contributed by atoms with Crippen molar-refractivity contribution in [3.8, 4) is 0 Å². The van der Waals surface area contributed by atoms with Crippen LogP contribution in [0.15, 0.2) is 0 Å². The van der Waals surface area contributed by atoms with Crippen molar-refractivity contribution in [3.63, 3.8) is 0 Å². The molecular formula is C9H15F3O. The minimum atomic E-state index is -4.10. The Bertz CT molecular complexity index is 167. The fourth-order valence-corrected chi connectivity index (χ4v) is 1.98. The number of hydrogen-bond donors (Lipinski definition) is 0. The van der Waals surface area contributed by atoms with E-state index in [-0.39, 0.29) is 12.3 Å². The summed E-state index contributed by atoms with van der Waals surface area (Å²) in [5, 5.41) is 0. The van der Waals surface area contributed by atoms with E-state index < -0.39 is 18.2 Å². The zero-order valence-corrected chi connectivity index (χ0v) is 7.90. The lowest BCUT2D eigenvalue weighted by molar-refractivity contribution is -0.216. The van der Waals surface area contributed by atoms with Crippen molar-refractivity contribution in [2.75, 3.05) is 7.11 Å². The van der Waals surface area contributed by atoms with E-state index in [1.165, 1.54) is 7.11 Å². The summed E-state index contributed by atoms with van der Waals surface area (Å²) in [5.41, 5.74) is 0. The second-order valence-electron chi connectivity index (χ2n) is 3.84. The molecule has 1 nitrogen and oxygen atoms in total. The molecule has 1 saturated carbocycles. The molecule has 0 N–H and O–H groups in total. The molecule has 0 aromatic carbocycles. The van der Waals surface area contributed by atoms with Gasteiger partial charge < -0.3 is 4.74 Å². The second kappa shape index (κ2) is 3.86. The summed E-state index contributed by atoms with van der Waals surface area (Å²) in [4.78, 5) is 0. The Labute approximate surface area is 76.3 Å². The molecule has 13 heavy (non-hydrogen) atoms. The molecule has 1 aliphatic carbocycles. The predicted octanol–water partition coefficient (Wildman–Crippen LogP) is 3.00. The van der Waals surface area contributed by atoms with E-state index in [0.29, 0.717) is 6.42 Å². The number of alkyl halides is 3. The van der Waals surface area contributed by atoms with Gasteiger partial charge in [0.1, 0.15) is 0 Å². The van der Waals surface area contributed by atoms with Gasteiger partial charge in [0.05, 0.1) is 12.0 Å². The molecule has 4 heteroatoms. The Morgan fingerprint density at radius 1 is 1.23 bits per heavy atom. The first-order valence-corrected chi connectivity index (χ1v) is 4.54. The molecule has 1 aliphatic rings. The van der Waals surface area contributed by atoms with Crippen LogP contribution in [-0.2, 0) is 4.74 Å². The zero-order valence-electron chi connectivity index (χ0n) is 7.90. The van der Waals surface area contributed by atoms with E-state index in [9.17, 15) is 13.2 Å². The van der Waals surface area contributed by atoms with Gasteiger partial charge in [-0.05, 0) is 25.2 Å². The van der Waals surface area contributed by atoms with E-state index in [2.05, 4.69) is 0 Å². The Kier molecular flexibility index (Phi) is 3.22. The third-order valence-electron chi connectivity index (χ3n) is 2.77. The molecule has 0 aliphatic heterocycles. The summed E-state index contributed by atoms with van der Waals surface area (Å²) in [6, 6.07) is 0. The predicted molar refractivity (Wildman–Crippen MR) is 43.4 cm³/mol. The first kappa shape index (κ1) is 10.8. The summed E-state index contributed by atoms with van der Waals surface area (Å²) in [7, 11) is 1.36. The minimum Gasteiger partial charge on any atom is -0.381 e. The highest BCUT2D eigenvalue weighted by molar-refractivity contribution is 4.83. The van der Waals surface area contributed by atoms with Gasteiger partial charge in [-0.2, -0.15) is 13.2 Å². The Morgan fingerprint density at radius 2 is 1.85 bits per heavy atom. The van der Waals surface area contributed by atoms with Crippen LogP contribution in [0.5, 0.6) is 0 Å². The zero-order chi connectivity index (χ0) is 10.1. The van der Waals surface area contributed by atoms with Gasteiger partial charge in [-0.3, -0.25) is 0 Å². The third-order valence-corrected chi connectivity index (χ3v) is 2.77. The van der Waals surface area contributed by atoms with Crippen LogP contribution in [0, 0.1) is 11.8 Å². The topological polar surface area (TPSA) is 9.23 Å². The fourth-order valence-electron chi connectivity index (χ4n) is 1.98. The average Bonchev–Trinajstić information content (AvgIpc) is 2.03. The Morgan fingerprint density at radius 3 is 2.31 bits per heavy atom. The van der Waals surface area contributed by atoms with E-state index >= 15 is 0 Å². The Balaban J connectivity index is 2.65. The summed E-state index contributed by atoms with van der Waals surface area (Å²) < 4.78 is 42.3. The van der Waals surface area contributed by atoms with Gasteiger partial charge in [0, 0.05) is 7.11 Å². The number of hydrogen-bond acceptors (Lipinski definition) is 1. The van der Waals surface area contributed by atoms with Crippen molar-refractivity contribution in [1.82, 2.24) is 0 Å². The van der Waals surface area contributed by atoms with Crippen LogP contribution in [0.2, 0.25) is 0 Å². The number of halogens is 3. The molecule has 3 atom stereocenters. The highest BCUT2D eigenvalue weighted by Crippen LogP contribution is 2.40. The standard InChI is InChI=1S/C9H15F3O/c1-6-3-4-8(13-2)7(5-6)9(10,11)12/h6-8H,3-5H2,1-2H3. The Hall–Kier alpha value is -0.250. The lowest BCUT2D eigenvalue weighted by Crippen LogP contribution is -2.39. The van der Waals surface area contributed by atoms with Crippen LogP contribution in [0.25, 0.3) is 0 Å². The second-order valence-corrected chi connectivity index (χ2v) is 3.84. The molecule has 0 aromatic heterocycles. The summed E-state index contributed by atoms with van der Waals surface area (Å²) >= 11 is 0. The average molecular weight is 196 g/mol. The molecule has 1 fully saturated rings. The maximum Gasteiger partial charge on any atom is 0.394 e. The van der Waals surface area contributed by atoms with Crippen molar-refractivity contribution in [2.24, 2.45) is 11.8 Å². The molecule has 0 bridgehead atoms. The van der Waals surface area contributed by atoms with Crippen molar-refractivity contribution in [3.05, 3.63) is 0 Å². The van der Waals surface area contributed by atoms with Crippen molar-refractivity contribution in [2.45, 2.75) is 38.5 Å². The normalized spacial score (nSPS) is 36.2. The molecule has 0 aromatic rings. The van der Waals surface area contributed by atoms with Crippen LogP contribution in [0.3, 0.4) is 0 Å². The summed E-state index contributed by atoms with van der Waals surface area (Å²) in [6.07, 6.45) is -3.15. The van der Waals surface area contributed by atoms with E-state index in [1.807, 2.05) is 6.92 Å². The number of ether oxygens (including phenoxy) is 1. The molecule has 78 valence electrons. The van der Waals surface area contributed by atoms with Gasteiger partial charge >= 0.3 is 6.18 Å². The maximum atomic E-state index is 12.5. The quantitative estimate of drug-likeness (QED) is 0.626. The van der Waals surface area contributed by atoms with Crippen LogP contribution < -0.4 is 0 Å². The molecule has 0 saturated heterocycles. The maximum absolute atomic E-state index is 12.5. The largest absolute Gasteiger partial charge is 0.394 e. The lowest BCUT2D eigenvalue weighted by atomic mass is 9.80. The number of rotatable bonds is 1. The summed E-state index contributed by atoms with van der Waals surface area (Å²) in [5.74, 6) is -1.10. The first-order chi connectivity index (χ1) is 5.95. The van der Waals surface area contributed by atoms with Gasteiger partial charge in [0.25, 0.3) is 0 Å².